The Morgan fingerprint density at radius 2 is 1.96 bits per heavy atom. The average Bonchev–Trinajstić information content (AvgIpc) is 3.20. The van der Waals surface area contributed by atoms with E-state index in [0.717, 1.165) is 22.2 Å². The summed E-state index contributed by atoms with van der Waals surface area (Å²) in [6.45, 7) is 0.727. The summed E-state index contributed by atoms with van der Waals surface area (Å²) >= 11 is 0. The van der Waals surface area contributed by atoms with E-state index in [1.807, 2.05) is 65.4 Å². The summed E-state index contributed by atoms with van der Waals surface area (Å²) in [6.07, 6.45) is 0.824. The normalized spacial score (nSPS) is 17.0. The minimum absolute atomic E-state index is 0.220. The van der Waals surface area contributed by atoms with Gasteiger partial charge in [0.2, 0.25) is 6.23 Å². The van der Waals surface area contributed by atoms with Crippen LogP contribution in [0.15, 0.2) is 60.8 Å². The maximum absolute atomic E-state index is 11.1. The molecule has 1 fully saturated rings. The molecule has 0 spiro atoms. The minimum Gasteiger partial charge on any atom is -0.488 e. The fraction of sp³-hybridized carbons (Fsp3) is 0.167. The van der Waals surface area contributed by atoms with Crippen molar-refractivity contribution in [2.75, 3.05) is 6.61 Å². The molecule has 1 aromatic heterocycles. The standard InChI is InChI=1S/C18H15NO4/c20-18-22-12-17(23-18)19-10-9-14-15(19)7-4-8-16(14)21-11-13-5-2-1-3-6-13/h1-10,17H,11-12H2. The van der Waals surface area contributed by atoms with Gasteiger partial charge in [-0.1, -0.05) is 36.4 Å². The fourth-order valence-corrected chi connectivity index (χ4v) is 2.73. The first-order valence-corrected chi connectivity index (χ1v) is 7.41. The van der Waals surface area contributed by atoms with Crippen LogP contribution in [0.4, 0.5) is 4.79 Å². The molecule has 0 bridgehead atoms. The molecule has 0 N–H and O–H groups in total. The smallest absolute Gasteiger partial charge is 0.488 e. The van der Waals surface area contributed by atoms with Crippen LogP contribution in [0.25, 0.3) is 10.9 Å². The molecule has 2 aromatic carbocycles. The molecule has 4 rings (SSSR count). The van der Waals surface area contributed by atoms with Gasteiger partial charge in [-0.2, -0.15) is 0 Å². The number of cyclic esters (lactones) is 2. The number of ether oxygens (including phenoxy) is 3. The van der Waals surface area contributed by atoms with E-state index in [2.05, 4.69) is 0 Å². The molecule has 23 heavy (non-hydrogen) atoms. The van der Waals surface area contributed by atoms with Crippen molar-refractivity contribution < 1.29 is 19.0 Å². The second-order valence-electron chi connectivity index (χ2n) is 5.32. The molecule has 5 heteroatoms. The number of rotatable bonds is 4. The lowest BCUT2D eigenvalue weighted by atomic mass is 10.2. The Kier molecular flexibility index (Phi) is 3.38. The zero-order valence-corrected chi connectivity index (χ0v) is 12.3. The van der Waals surface area contributed by atoms with Crippen LogP contribution in [0.3, 0.4) is 0 Å². The van der Waals surface area contributed by atoms with E-state index in [1.54, 1.807) is 0 Å². The van der Waals surface area contributed by atoms with Gasteiger partial charge in [0.05, 0.1) is 5.52 Å². The zero-order chi connectivity index (χ0) is 15.6. The Bertz CT molecular complexity index is 841. The lowest BCUT2D eigenvalue weighted by molar-refractivity contribution is 0.0979. The van der Waals surface area contributed by atoms with Gasteiger partial charge >= 0.3 is 6.16 Å². The van der Waals surface area contributed by atoms with Crippen molar-refractivity contribution >= 4 is 17.1 Å². The maximum Gasteiger partial charge on any atom is 0.510 e. The van der Waals surface area contributed by atoms with Crippen molar-refractivity contribution in [3.63, 3.8) is 0 Å². The summed E-state index contributed by atoms with van der Waals surface area (Å²) in [4.78, 5) is 11.1. The van der Waals surface area contributed by atoms with E-state index in [-0.39, 0.29) is 6.61 Å². The van der Waals surface area contributed by atoms with E-state index >= 15 is 0 Å². The predicted molar refractivity (Wildman–Crippen MR) is 84.2 cm³/mol. The van der Waals surface area contributed by atoms with Crippen molar-refractivity contribution in [3.05, 3.63) is 66.4 Å². The summed E-state index contributed by atoms with van der Waals surface area (Å²) in [6, 6.07) is 17.8. The third-order valence-corrected chi connectivity index (χ3v) is 3.85. The Labute approximate surface area is 133 Å². The molecule has 1 aliphatic heterocycles. The summed E-state index contributed by atoms with van der Waals surface area (Å²) in [5, 5.41) is 0.978. The van der Waals surface area contributed by atoms with Gasteiger partial charge in [-0.3, -0.25) is 0 Å². The van der Waals surface area contributed by atoms with Crippen molar-refractivity contribution in [3.8, 4) is 5.75 Å². The lowest BCUT2D eigenvalue weighted by Crippen LogP contribution is -2.09. The largest absolute Gasteiger partial charge is 0.510 e. The van der Waals surface area contributed by atoms with E-state index < -0.39 is 12.4 Å². The molecule has 116 valence electrons. The van der Waals surface area contributed by atoms with E-state index in [4.69, 9.17) is 14.2 Å². The van der Waals surface area contributed by atoms with Crippen LogP contribution in [0.5, 0.6) is 5.75 Å². The highest BCUT2D eigenvalue weighted by Crippen LogP contribution is 2.31. The zero-order valence-electron chi connectivity index (χ0n) is 12.3. The molecule has 3 aromatic rings. The van der Waals surface area contributed by atoms with Crippen LogP contribution < -0.4 is 4.74 Å². The second kappa shape index (κ2) is 5.68. The van der Waals surface area contributed by atoms with Crippen LogP contribution >= 0.6 is 0 Å². The van der Waals surface area contributed by atoms with Crippen LogP contribution in [-0.4, -0.2) is 17.3 Å². The van der Waals surface area contributed by atoms with Crippen molar-refractivity contribution in [2.24, 2.45) is 0 Å². The van der Waals surface area contributed by atoms with Crippen molar-refractivity contribution in [1.29, 1.82) is 0 Å². The third-order valence-electron chi connectivity index (χ3n) is 3.85. The molecule has 0 radical (unpaired) electrons. The number of aromatic nitrogens is 1. The maximum atomic E-state index is 11.1. The van der Waals surface area contributed by atoms with Gasteiger partial charge in [-0.05, 0) is 23.8 Å². The van der Waals surface area contributed by atoms with Crippen LogP contribution in [0.1, 0.15) is 11.8 Å². The summed E-state index contributed by atoms with van der Waals surface area (Å²) < 4.78 is 17.8. The lowest BCUT2D eigenvalue weighted by Gasteiger charge is -2.11. The van der Waals surface area contributed by atoms with Crippen LogP contribution in [0.2, 0.25) is 0 Å². The molecular formula is C18H15NO4. The minimum atomic E-state index is -0.631. The molecule has 0 amide bonds. The predicted octanol–water partition coefficient (Wildman–Crippen LogP) is 3.89. The fourth-order valence-electron chi connectivity index (χ4n) is 2.73. The Morgan fingerprint density at radius 1 is 1.09 bits per heavy atom. The first kappa shape index (κ1) is 13.7. The summed E-state index contributed by atoms with van der Waals surface area (Å²) in [5.41, 5.74) is 2.06. The highest BCUT2D eigenvalue weighted by molar-refractivity contribution is 5.86. The molecule has 1 aliphatic rings. The Morgan fingerprint density at radius 3 is 2.74 bits per heavy atom. The Balaban J connectivity index is 1.61. The van der Waals surface area contributed by atoms with Gasteiger partial charge in [-0.15, -0.1) is 0 Å². The van der Waals surface area contributed by atoms with Gasteiger partial charge in [0.25, 0.3) is 0 Å². The molecular weight excluding hydrogens is 294 g/mol. The first-order chi connectivity index (χ1) is 11.3. The van der Waals surface area contributed by atoms with Gasteiger partial charge in [-0.25, -0.2) is 4.79 Å². The monoisotopic (exact) mass is 309 g/mol. The molecule has 2 heterocycles. The molecule has 1 unspecified atom stereocenters. The number of hydrogen-bond donors (Lipinski definition) is 0. The molecule has 0 aliphatic carbocycles. The molecule has 0 saturated carbocycles. The number of nitrogens with zero attached hydrogens (tertiary/aromatic N) is 1. The number of benzene rings is 2. The molecule has 1 atom stereocenters. The van der Waals surface area contributed by atoms with Gasteiger partial charge in [0.15, 0.2) is 6.61 Å². The van der Waals surface area contributed by atoms with Crippen LogP contribution in [0, 0.1) is 0 Å². The number of hydrogen-bond acceptors (Lipinski definition) is 4. The van der Waals surface area contributed by atoms with Crippen molar-refractivity contribution in [2.45, 2.75) is 12.8 Å². The van der Waals surface area contributed by atoms with Gasteiger partial charge in [0.1, 0.15) is 12.4 Å². The number of carbonyl (C=O) groups excluding carboxylic acids is 1. The number of carbonyl (C=O) groups is 1. The van der Waals surface area contributed by atoms with E-state index in [9.17, 15) is 4.79 Å². The first-order valence-electron chi connectivity index (χ1n) is 7.41. The Hall–Kier alpha value is -2.95. The molecule has 5 nitrogen and oxygen atoms in total. The highest BCUT2D eigenvalue weighted by atomic mass is 16.8. The van der Waals surface area contributed by atoms with Crippen molar-refractivity contribution in [1.82, 2.24) is 4.57 Å². The van der Waals surface area contributed by atoms with E-state index in [1.165, 1.54) is 0 Å². The second-order valence-corrected chi connectivity index (χ2v) is 5.32. The van der Waals surface area contributed by atoms with Gasteiger partial charge in [0, 0.05) is 11.6 Å². The van der Waals surface area contributed by atoms with Gasteiger partial charge < -0.3 is 18.8 Å². The number of fused-ring (bicyclic) bond motifs is 1. The third kappa shape index (κ3) is 2.61. The van der Waals surface area contributed by atoms with Crippen LogP contribution in [-0.2, 0) is 16.1 Å². The molecule has 1 saturated heterocycles. The highest BCUT2D eigenvalue weighted by Gasteiger charge is 2.27. The summed E-state index contributed by atoms with van der Waals surface area (Å²) in [5.74, 6) is 0.801. The quantitative estimate of drug-likeness (QED) is 0.686. The average molecular weight is 309 g/mol. The SMILES string of the molecule is O=C1OCC(n2ccc3c(OCc4ccccc4)cccc32)O1. The topological polar surface area (TPSA) is 49.7 Å². The summed E-state index contributed by atoms with van der Waals surface area (Å²) in [7, 11) is 0. The van der Waals surface area contributed by atoms with E-state index in [0.29, 0.717) is 6.61 Å².